The predicted octanol–water partition coefficient (Wildman–Crippen LogP) is 3.11. The molecule has 1 unspecified atom stereocenters. The number of carbonyl (C=O) groups is 2. The minimum Gasteiger partial charge on any atom is -0.495 e. The number of rotatable bonds is 9. The number of nitrogens with zero attached hydrogens (tertiary/aromatic N) is 2. The van der Waals surface area contributed by atoms with E-state index in [1.165, 1.54) is 23.5 Å². The summed E-state index contributed by atoms with van der Waals surface area (Å²) >= 11 is 0. The number of hydrogen-bond donors (Lipinski definition) is 1. The van der Waals surface area contributed by atoms with Gasteiger partial charge in [-0.2, -0.15) is 0 Å². The van der Waals surface area contributed by atoms with Gasteiger partial charge in [0.1, 0.15) is 5.75 Å². The Bertz CT molecular complexity index is 1070. The van der Waals surface area contributed by atoms with Gasteiger partial charge in [0.05, 0.1) is 23.6 Å². The molecule has 32 heavy (non-hydrogen) atoms. The molecule has 9 heteroatoms. The van der Waals surface area contributed by atoms with Crippen molar-refractivity contribution in [3.63, 3.8) is 0 Å². The van der Waals surface area contributed by atoms with Crippen LogP contribution in [0.15, 0.2) is 53.4 Å². The molecule has 8 nitrogen and oxygen atoms in total. The van der Waals surface area contributed by atoms with Crippen LogP contribution in [0.25, 0.3) is 0 Å². The fraction of sp³-hybridized carbons (Fsp3) is 0.391. The van der Waals surface area contributed by atoms with Crippen LogP contribution in [0.2, 0.25) is 0 Å². The van der Waals surface area contributed by atoms with E-state index in [1.807, 2.05) is 19.1 Å². The quantitative estimate of drug-likeness (QED) is 0.622. The number of para-hydroxylation sites is 2. The van der Waals surface area contributed by atoms with Crippen molar-refractivity contribution in [3.05, 3.63) is 48.5 Å². The van der Waals surface area contributed by atoms with Crippen molar-refractivity contribution in [2.75, 3.05) is 37.5 Å². The average Bonchev–Trinajstić information content (AvgIpc) is 3.19. The molecule has 0 aromatic heterocycles. The van der Waals surface area contributed by atoms with E-state index >= 15 is 0 Å². The van der Waals surface area contributed by atoms with Crippen LogP contribution >= 0.6 is 0 Å². The Morgan fingerprint density at radius 3 is 2.53 bits per heavy atom. The third-order valence-electron chi connectivity index (χ3n) is 5.53. The molecule has 0 bridgehead atoms. The highest BCUT2D eigenvalue weighted by molar-refractivity contribution is 7.89. The van der Waals surface area contributed by atoms with E-state index in [-0.39, 0.29) is 29.7 Å². The van der Waals surface area contributed by atoms with Crippen LogP contribution in [-0.4, -0.2) is 51.8 Å². The lowest BCUT2D eigenvalue weighted by Crippen LogP contribution is -2.28. The number of ether oxygens (including phenoxy) is 1. The molecule has 2 aromatic carbocycles. The molecular formula is C23H29N3O5S. The van der Waals surface area contributed by atoms with Gasteiger partial charge in [0.15, 0.2) is 0 Å². The second-order valence-corrected chi connectivity index (χ2v) is 9.82. The third-order valence-corrected chi connectivity index (χ3v) is 7.40. The first-order valence-electron chi connectivity index (χ1n) is 10.6. The van der Waals surface area contributed by atoms with Crippen LogP contribution in [0.5, 0.6) is 5.75 Å². The Hall–Kier alpha value is -2.91. The van der Waals surface area contributed by atoms with Gasteiger partial charge in [0.2, 0.25) is 21.8 Å². The number of nitrogens with one attached hydrogen (secondary N) is 1. The highest BCUT2D eigenvalue weighted by Gasteiger charge is 2.36. The first-order valence-corrected chi connectivity index (χ1v) is 12.0. The normalized spacial score (nSPS) is 16.4. The molecule has 1 fully saturated rings. The zero-order valence-corrected chi connectivity index (χ0v) is 19.4. The Labute approximate surface area is 189 Å². The summed E-state index contributed by atoms with van der Waals surface area (Å²) in [7, 11) is -0.469. The van der Waals surface area contributed by atoms with Gasteiger partial charge in [0.25, 0.3) is 0 Å². The van der Waals surface area contributed by atoms with E-state index in [0.717, 1.165) is 12.8 Å². The second-order valence-electron chi connectivity index (χ2n) is 7.77. The maximum atomic E-state index is 12.8. The summed E-state index contributed by atoms with van der Waals surface area (Å²) in [4.78, 5) is 27.0. The first-order chi connectivity index (χ1) is 15.3. The van der Waals surface area contributed by atoms with Crippen molar-refractivity contribution in [3.8, 4) is 5.75 Å². The summed E-state index contributed by atoms with van der Waals surface area (Å²) in [5.74, 6) is -0.378. The summed E-state index contributed by atoms with van der Waals surface area (Å²) in [6.45, 7) is 2.71. The van der Waals surface area contributed by atoms with E-state index < -0.39 is 15.9 Å². The van der Waals surface area contributed by atoms with Crippen LogP contribution in [0.3, 0.4) is 0 Å². The smallest absolute Gasteiger partial charge is 0.242 e. The van der Waals surface area contributed by atoms with Gasteiger partial charge < -0.3 is 15.0 Å². The highest BCUT2D eigenvalue weighted by atomic mass is 32.2. The zero-order chi connectivity index (χ0) is 23.3. The number of anilines is 2. The van der Waals surface area contributed by atoms with Crippen molar-refractivity contribution in [1.82, 2.24) is 4.31 Å². The number of benzene rings is 2. The van der Waals surface area contributed by atoms with Crippen molar-refractivity contribution < 1.29 is 22.7 Å². The first kappa shape index (κ1) is 23.7. The van der Waals surface area contributed by atoms with Gasteiger partial charge in [-0.15, -0.1) is 0 Å². The summed E-state index contributed by atoms with van der Waals surface area (Å²) < 4.78 is 31.9. The van der Waals surface area contributed by atoms with E-state index in [9.17, 15) is 18.0 Å². The second kappa shape index (κ2) is 10.1. The molecule has 1 atom stereocenters. The number of amides is 2. The predicted molar refractivity (Wildman–Crippen MR) is 123 cm³/mol. The van der Waals surface area contributed by atoms with Crippen LogP contribution in [0, 0.1) is 5.92 Å². The third kappa shape index (κ3) is 5.11. The van der Waals surface area contributed by atoms with Gasteiger partial charge in [-0.05, 0) is 42.8 Å². The summed E-state index contributed by atoms with van der Waals surface area (Å²) in [6, 6.07) is 13.3. The number of hydrogen-bond acceptors (Lipinski definition) is 5. The summed E-state index contributed by atoms with van der Waals surface area (Å²) in [5.41, 5.74) is 1.12. The Morgan fingerprint density at radius 2 is 1.88 bits per heavy atom. The average molecular weight is 460 g/mol. The van der Waals surface area contributed by atoms with Crippen LogP contribution in [0.4, 0.5) is 11.4 Å². The molecule has 2 amide bonds. The molecule has 1 saturated heterocycles. The number of sulfonamides is 1. The van der Waals surface area contributed by atoms with Crippen LogP contribution in [-0.2, 0) is 19.6 Å². The molecule has 3 rings (SSSR count). The van der Waals surface area contributed by atoms with E-state index in [1.54, 1.807) is 36.2 Å². The van der Waals surface area contributed by atoms with Gasteiger partial charge in [-0.3, -0.25) is 9.59 Å². The molecule has 1 heterocycles. The maximum absolute atomic E-state index is 12.8. The Kier molecular flexibility index (Phi) is 7.52. The number of methoxy groups -OCH3 is 1. The van der Waals surface area contributed by atoms with E-state index in [2.05, 4.69) is 5.32 Å². The lowest BCUT2D eigenvalue weighted by atomic mass is 10.1. The minimum absolute atomic E-state index is 0.0958. The molecule has 2 aromatic rings. The Balaban J connectivity index is 1.66. The number of carbonyl (C=O) groups excluding carboxylic acids is 2. The molecule has 1 N–H and O–H groups in total. The lowest BCUT2D eigenvalue weighted by Gasteiger charge is -2.19. The SMILES string of the molecule is CCCCN(C)S(=O)(=O)c1ccc(NC(=O)C2CC(=O)N(c3ccccc3OC)C2)cc1. The standard InChI is InChI=1S/C23H29N3O5S/c1-4-5-14-25(2)32(29,30)19-12-10-18(11-13-19)24-23(28)17-15-22(27)26(16-17)20-8-6-7-9-21(20)31-3/h6-13,17H,4-5,14-16H2,1-3H3,(H,24,28). The molecule has 0 saturated carbocycles. The monoisotopic (exact) mass is 459 g/mol. The molecule has 1 aliphatic heterocycles. The van der Waals surface area contributed by atoms with Gasteiger partial charge in [0, 0.05) is 32.2 Å². The van der Waals surface area contributed by atoms with Gasteiger partial charge in [-0.25, -0.2) is 12.7 Å². The summed E-state index contributed by atoms with van der Waals surface area (Å²) in [5, 5.41) is 2.79. The minimum atomic E-state index is -3.57. The lowest BCUT2D eigenvalue weighted by molar-refractivity contribution is -0.122. The molecule has 0 spiro atoms. The maximum Gasteiger partial charge on any atom is 0.242 e. The number of unbranched alkanes of at least 4 members (excludes halogenated alkanes) is 1. The van der Waals surface area contributed by atoms with Gasteiger partial charge in [-0.1, -0.05) is 25.5 Å². The van der Waals surface area contributed by atoms with Crippen molar-refractivity contribution in [1.29, 1.82) is 0 Å². The Morgan fingerprint density at radius 1 is 1.19 bits per heavy atom. The molecule has 1 aliphatic rings. The fourth-order valence-electron chi connectivity index (χ4n) is 3.60. The zero-order valence-electron chi connectivity index (χ0n) is 18.6. The van der Waals surface area contributed by atoms with E-state index in [4.69, 9.17) is 4.74 Å². The van der Waals surface area contributed by atoms with E-state index in [0.29, 0.717) is 23.7 Å². The topological polar surface area (TPSA) is 96.0 Å². The fourth-order valence-corrected chi connectivity index (χ4v) is 4.81. The van der Waals surface area contributed by atoms with Gasteiger partial charge >= 0.3 is 0 Å². The molecule has 0 radical (unpaired) electrons. The largest absolute Gasteiger partial charge is 0.495 e. The molecule has 172 valence electrons. The summed E-state index contributed by atoms with van der Waals surface area (Å²) in [6.07, 6.45) is 1.79. The highest BCUT2D eigenvalue weighted by Crippen LogP contribution is 2.33. The van der Waals surface area contributed by atoms with Crippen molar-refractivity contribution in [2.24, 2.45) is 5.92 Å². The van der Waals surface area contributed by atoms with Crippen molar-refractivity contribution in [2.45, 2.75) is 31.1 Å². The van der Waals surface area contributed by atoms with Crippen molar-refractivity contribution >= 4 is 33.2 Å². The molecular weight excluding hydrogens is 430 g/mol. The molecule has 0 aliphatic carbocycles. The van der Waals surface area contributed by atoms with Crippen LogP contribution in [0.1, 0.15) is 26.2 Å². The van der Waals surface area contributed by atoms with Crippen LogP contribution < -0.4 is 15.0 Å².